The molecule has 0 unspecified atom stereocenters. The first kappa shape index (κ1) is 16.8. The number of halogens is 1. The zero-order valence-corrected chi connectivity index (χ0v) is 13.5. The summed E-state index contributed by atoms with van der Waals surface area (Å²) in [7, 11) is -2.81. The molecule has 0 saturated heterocycles. The van der Waals surface area contributed by atoms with Crippen molar-refractivity contribution in [3.63, 3.8) is 0 Å². The van der Waals surface area contributed by atoms with Gasteiger partial charge in [0, 0.05) is 5.02 Å². The minimum Gasteiger partial charge on any atom is -0.465 e. The molecule has 0 atom stereocenters. The number of nitrogens with zero attached hydrogens (tertiary/aromatic N) is 1. The fourth-order valence-corrected chi connectivity index (χ4v) is 3.11. The number of hydrogen-bond donors (Lipinski definition) is 1. The Hall–Kier alpha value is -2.56. The summed E-state index contributed by atoms with van der Waals surface area (Å²) < 4.78 is 31.8. The van der Waals surface area contributed by atoms with Crippen molar-refractivity contribution in [3.8, 4) is 6.07 Å². The molecule has 8 heteroatoms. The molecule has 0 aliphatic carbocycles. The number of nitriles is 1. The summed E-state index contributed by atoms with van der Waals surface area (Å²) in [4.78, 5) is 11.6. The van der Waals surface area contributed by atoms with Crippen LogP contribution in [0, 0.1) is 11.3 Å². The van der Waals surface area contributed by atoms with Gasteiger partial charge < -0.3 is 4.74 Å². The monoisotopic (exact) mass is 350 g/mol. The fraction of sp³-hybridized carbons (Fsp3) is 0.0667. The molecule has 0 aliphatic rings. The van der Waals surface area contributed by atoms with Gasteiger partial charge in [0.2, 0.25) is 0 Å². The van der Waals surface area contributed by atoms with E-state index in [0.29, 0.717) is 0 Å². The number of carbonyl (C=O) groups excluding carboxylic acids is 1. The number of anilines is 1. The normalized spacial score (nSPS) is 10.7. The molecule has 0 aliphatic heterocycles. The lowest BCUT2D eigenvalue weighted by Gasteiger charge is -2.12. The molecule has 0 amide bonds. The van der Waals surface area contributed by atoms with Crippen molar-refractivity contribution in [1.82, 2.24) is 0 Å². The number of hydrogen-bond acceptors (Lipinski definition) is 5. The Balaban J connectivity index is 2.47. The summed E-state index contributed by atoms with van der Waals surface area (Å²) >= 11 is 5.86. The third-order valence-corrected chi connectivity index (χ3v) is 4.50. The van der Waals surface area contributed by atoms with Crippen molar-refractivity contribution in [2.75, 3.05) is 11.8 Å². The molecule has 0 radical (unpaired) electrons. The molecule has 2 aromatic rings. The van der Waals surface area contributed by atoms with Crippen LogP contribution in [0.4, 0.5) is 5.69 Å². The summed E-state index contributed by atoms with van der Waals surface area (Å²) in [6.45, 7) is 0. The first-order chi connectivity index (χ1) is 10.9. The molecule has 1 N–H and O–H groups in total. The highest BCUT2D eigenvalue weighted by atomic mass is 35.5. The Morgan fingerprint density at radius 2 is 2.00 bits per heavy atom. The summed E-state index contributed by atoms with van der Waals surface area (Å²) in [6, 6.07) is 11.5. The predicted octanol–water partition coefficient (Wildman–Crippen LogP) is 2.80. The van der Waals surface area contributed by atoms with Crippen LogP contribution in [0.3, 0.4) is 0 Å². The van der Waals surface area contributed by atoms with Crippen LogP contribution >= 0.6 is 11.6 Å². The zero-order valence-electron chi connectivity index (χ0n) is 11.9. The number of carbonyl (C=O) groups is 1. The van der Waals surface area contributed by atoms with E-state index in [-0.39, 0.29) is 26.7 Å². The van der Waals surface area contributed by atoms with Crippen LogP contribution in [0.2, 0.25) is 5.02 Å². The van der Waals surface area contributed by atoms with Crippen molar-refractivity contribution in [2.45, 2.75) is 4.90 Å². The van der Waals surface area contributed by atoms with E-state index in [2.05, 4.69) is 9.46 Å². The average Bonchev–Trinajstić information content (AvgIpc) is 2.54. The van der Waals surface area contributed by atoms with Gasteiger partial charge in [-0.15, -0.1) is 0 Å². The van der Waals surface area contributed by atoms with E-state index in [1.54, 1.807) is 0 Å². The highest BCUT2D eigenvalue weighted by Gasteiger charge is 2.20. The molecule has 23 heavy (non-hydrogen) atoms. The van der Waals surface area contributed by atoms with Crippen molar-refractivity contribution in [3.05, 3.63) is 58.6 Å². The van der Waals surface area contributed by atoms with Crippen LogP contribution in [-0.2, 0) is 14.8 Å². The van der Waals surface area contributed by atoms with E-state index in [1.807, 2.05) is 6.07 Å². The van der Waals surface area contributed by atoms with E-state index in [0.717, 1.165) is 0 Å². The van der Waals surface area contributed by atoms with Gasteiger partial charge in [-0.05, 0) is 36.4 Å². The zero-order chi connectivity index (χ0) is 17.0. The Bertz CT molecular complexity index is 904. The molecule has 118 valence electrons. The third kappa shape index (κ3) is 3.80. The molecule has 0 aromatic heterocycles. The predicted molar refractivity (Wildman–Crippen MR) is 84.8 cm³/mol. The van der Waals surface area contributed by atoms with E-state index >= 15 is 0 Å². The molecule has 0 heterocycles. The lowest BCUT2D eigenvalue weighted by atomic mass is 10.2. The number of methoxy groups -OCH3 is 1. The largest absolute Gasteiger partial charge is 0.465 e. The molecule has 6 nitrogen and oxygen atoms in total. The van der Waals surface area contributed by atoms with Gasteiger partial charge in [-0.25, -0.2) is 13.2 Å². The van der Waals surface area contributed by atoms with Gasteiger partial charge in [0.25, 0.3) is 10.0 Å². The summed E-state index contributed by atoms with van der Waals surface area (Å²) in [5.74, 6) is -0.704. The second-order valence-corrected chi connectivity index (χ2v) is 6.55. The van der Waals surface area contributed by atoms with Crippen LogP contribution in [0.5, 0.6) is 0 Å². The first-order valence-electron chi connectivity index (χ1n) is 6.28. The average molecular weight is 351 g/mol. The highest BCUT2D eigenvalue weighted by Crippen LogP contribution is 2.25. The van der Waals surface area contributed by atoms with Gasteiger partial charge in [0.05, 0.1) is 34.9 Å². The van der Waals surface area contributed by atoms with Gasteiger partial charge in [0.15, 0.2) is 0 Å². The molecular weight excluding hydrogens is 340 g/mol. The molecule has 0 saturated carbocycles. The molecule has 2 rings (SSSR count). The van der Waals surface area contributed by atoms with Crippen molar-refractivity contribution < 1.29 is 17.9 Å². The lowest BCUT2D eigenvalue weighted by Crippen LogP contribution is -2.16. The van der Waals surface area contributed by atoms with Crippen LogP contribution in [0.15, 0.2) is 47.4 Å². The minimum absolute atomic E-state index is 0.00768. The van der Waals surface area contributed by atoms with E-state index in [9.17, 15) is 13.2 Å². The summed E-state index contributed by atoms with van der Waals surface area (Å²) in [5, 5.41) is 9.11. The standard InChI is InChI=1S/C15H11ClN2O4S/c1-22-15(19)13-6-5-11(16)8-14(13)18-23(20,21)12-4-2-3-10(7-12)9-17/h2-8,18H,1H3. The van der Waals surface area contributed by atoms with E-state index in [1.165, 1.54) is 49.6 Å². The quantitative estimate of drug-likeness (QED) is 0.855. The van der Waals surface area contributed by atoms with Crippen molar-refractivity contribution in [2.24, 2.45) is 0 Å². The minimum atomic E-state index is -3.99. The maximum atomic E-state index is 12.4. The topological polar surface area (TPSA) is 96.3 Å². The smallest absolute Gasteiger partial charge is 0.339 e. The SMILES string of the molecule is COC(=O)c1ccc(Cl)cc1NS(=O)(=O)c1cccc(C#N)c1. The number of sulfonamides is 1. The Morgan fingerprint density at radius 3 is 2.65 bits per heavy atom. The van der Waals surface area contributed by atoms with Gasteiger partial charge in [-0.1, -0.05) is 17.7 Å². The second kappa shape index (κ2) is 6.69. The lowest BCUT2D eigenvalue weighted by molar-refractivity contribution is 0.0602. The molecule has 0 fully saturated rings. The van der Waals surface area contributed by atoms with Crippen LogP contribution < -0.4 is 4.72 Å². The number of benzene rings is 2. The highest BCUT2D eigenvalue weighted by molar-refractivity contribution is 7.92. The number of rotatable bonds is 4. The van der Waals surface area contributed by atoms with E-state index in [4.69, 9.17) is 16.9 Å². The Labute approximate surface area is 138 Å². The third-order valence-electron chi connectivity index (χ3n) is 2.90. The van der Waals surface area contributed by atoms with Gasteiger partial charge in [-0.2, -0.15) is 5.26 Å². The van der Waals surface area contributed by atoms with E-state index < -0.39 is 16.0 Å². The van der Waals surface area contributed by atoms with Crippen LogP contribution in [0.1, 0.15) is 15.9 Å². The fourth-order valence-electron chi connectivity index (χ4n) is 1.83. The second-order valence-electron chi connectivity index (χ2n) is 4.43. The van der Waals surface area contributed by atoms with Gasteiger partial charge in [0.1, 0.15) is 0 Å². The number of ether oxygens (including phenoxy) is 1. The Morgan fingerprint density at radius 1 is 1.26 bits per heavy atom. The van der Waals surface area contributed by atoms with Crippen LogP contribution in [0.25, 0.3) is 0 Å². The van der Waals surface area contributed by atoms with Gasteiger partial charge in [-0.3, -0.25) is 4.72 Å². The first-order valence-corrected chi connectivity index (χ1v) is 8.14. The molecule has 2 aromatic carbocycles. The number of nitrogens with one attached hydrogen (secondary N) is 1. The van der Waals surface area contributed by atoms with Crippen molar-refractivity contribution in [1.29, 1.82) is 5.26 Å². The molecule has 0 spiro atoms. The number of esters is 1. The summed E-state index contributed by atoms with van der Waals surface area (Å²) in [6.07, 6.45) is 0. The molecule has 0 bridgehead atoms. The Kier molecular flexibility index (Phi) is 4.89. The van der Waals surface area contributed by atoms with Gasteiger partial charge >= 0.3 is 5.97 Å². The summed E-state index contributed by atoms with van der Waals surface area (Å²) in [5.41, 5.74) is 0.218. The van der Waals surface area contributed by atoms with Crippen LogP contribution in [-0.4, -0.2) is 21.5 Å². The molecular formula is C15H11ClN2O4S. The maximum absolute atomic E-state index is 12.4. The van der Waals surface area contributed by atoms with Crippen molar-refractivity contribution >= 4 is 33.3 Å². The maximum Gasteiger partial charge on any atom is 0.339 e.